The van der Waals surface area contributed by atoms with E-state index in [1.54, 1.807) is 17.3 Å². The number of aromatic nitrogens is 6. The van der Waals surface area contributed by atoms with Crippen molar-refractivity contribution in [3.05, 3.63) is 81.8 Å². The third-order valence-corrected chi connectivity index (χ3v) is 30.8. The first-order valence-electron chi connectivity index (χ1n) is 26.8. The van der Waals surface area contributed by atoms with Gasteiger partial charge in [0.1, 0.15) is 0 Å². The molecule has 76 heavy (non-hydrogen) atoms. The van der Waals surface area contributed by atoms with Gasteiger partial charge in [0.15, 0.2) is 11.6 Å². The monoisotopic (exact) mass is 1190 g/mol. The topological polar surface area (TPSA) is 77.3 Å². The Morgan fingerprint density at radius 3 is 1.42 bits per heavy atom. The molecular weight excluding hydrogens is 1130 g/mol. The van der Waals surface area contributed by atoms with Gasteiger partial charge in [-0.2, -0.15) is 0 Å². The van der Waals surface area contributed by atoms with Crippen LogP contribution in [-0.2, 0) is 6.42 Å². The average Bonchev–Trinajstić information content (AvgIpc) is 4.35. The van der Waals surface area contributed by atoms with E-state index in [9.17, 15) is 8.78 Å². The van der Waals surface area contributed by atoms with Gasteiger partial charge in [-0.25, -0.2) is 17.6 Å². The quantitative estimate of drug-likeness (QED) is 0.0361. The van der Waals surface area contributed by atoms with Crippen molar-refractivity contribution in [2.75, 3.05) is 0 Å². The number of fused-ring (bicyclic) bond motifs is 5. The Labute approximate surface area is 475 Å². The van der Waals surface area contributed by atoms with Crippen molar-refractivity contribution in [3.63, 3.8) is 0 Å². The van der Waals surface area contributed by atoms with E-state index in [2.05, 4.69) is 46.8 Å². The molecule has 19 heteroatoms. The number of nitrogens with zero attached hydrogens (tertiary/aromatic N) is 6. The second-order valence-electron chi connectivity index (χ2n) is 20.5. The molecule has 6 nitrogen and oxygen atoms in total. The van der Waals surface area contributed by atoms with Crippen LogP contribution in [0.3, 0.4) is 0 Å². The number of rotatable bonds is 23. The standard InChI is InChI=1S/C57H59F4N6S8Si/c1-7-12-15-16-19-37-45(59)47(61)55(71-37)39-23-21-36(70-39)34-27-63-51(53-49(34)65-75-67-53)41-25-43-57(73-41)56-42(76(43,28-31(10-4)17-13-8-2)29-32(11-5)18-14-9-3)24-40(72-56)50-52-48(64-74-66-52)33(26-62-50)35-20-22-38(69-35)54-46(60)44(58)30(6)68-54/h20-27,31-32,76H,7-19,28-29H2,1-6H3/q-1. The minimum absolute atomic E-state index is 0.309. The molecule has 0 bridgehead atoms. The molecule has 0 aliphatic carbocycles. The van der Waals surface area contributed by atoms with Crippen LogP contribution in [0.5, 0.6) is 0 Å². The van der Waals surface area contributed by atoms with Gasteiger partial charge in [0, 0.05) is 9.75 Å². The molecule has 0 N–H and O–H groups in total. The van der Waals surface area contributed by atoms with Crippen LogP contribution in [0.4, 0.5) is 17.6 Å². The van der Waals surface area contributed by atoms with E-state index in [4.69, 9.17) is 27.5 Å². The molecule has 10 aromatic heterocycles. The zero-order chi connectivity index (χ0) is 52.8. The number of hydrogen-bond acceptors (Lipinski definition) is 14. The number of thiophene rings is 6. The van der Waals surface area contributed by atoms with Crippen LogP contribution in [0.2, 0.25) is 12.1 Å². The summed E-state index contributed by atoms with van der Waals surface area (Å²) in [5.74, 6) is -1.85. The Morgan fingerprint density at radius 2 is 0.947 bits per heavy atom. The minimum Gasteiger partial charge on any atom is -0.202 e. The van der Waals surface area contributed by atoms with Crippen molar-refractivity contribution < 1.29 is 17.6 Å². The minimum atomic E-state index is -2.94. The Balaban J connectivity index is 1.00. The Bertz CT molecular complexity index is 3670. The molecule has 0 fully saturated rings. The molecule has 0 saturated carbocycles. The van der Waals surface area contributed by atoms with Gasteiger partial charge < -0.3 is 0 Å². The molecule has 11 heterocycles. The van der Waals surface area contributed by atoms with Crippen LogP contribution < -0.4 is 10.4 Å². The van der Waals surface area contributed by atoms with E-state index in [-0.39, 0.29) is 0 Å². The number of hydrogen-bond donors (Lipinski definition) is 0. The van der Waals surface area contributed by atoms with Crippen molar-refractivity contribution in [1.29, 1.82) is 0 Å². The fourth-order valence-corrected chi connectivity index (χ4v) is 28.8. The summed E-state index contributed by atoms with van der Waals surface area (Å²) in [7, 11) is -2.94. The molecular formula is C57H59F4N6S8Si-. The predicted octanol–water partition coefficient (Wildman–Crippen LogP) is 19.6. The van der Waals surface area contributed by atoms with E-state index >= 15 is 8.78 Å². The summed E-state index contributed by atoms with van der Waals surface area (Å²) in [6.07, 6.45) is 17.9. The van der Waals surface area contributed by atoms with Crippen molar-refractivity contribution >= 4 is 132 Å². The van der Waals surface area contributed by atoms with Crippen molar-refractivity contribution in [2.24, 2.45) is 11.8 Å². The third kappa shape index (κ3) is 9.87. The van der Waals surface area contributed by atoms with E-state index in [0.717, 1.165) is 114 Å². The molecule has 0 saturated heterocycles. The summed E-state index contributed by atoms with van der Waals surface area (Å²) >= 11 is 11.3. The van der Waals surface area contributed by atoms with Gasteiger partial charge >= 0.3 is 394 Å². The van der Waals surface area contributed by atoms with Crippen LogP contribution in [0.1, 0.15) is 121 Å². The number of unbranched alkanes of at least 4 members (excludes halogenated alkanes) is 5. The van der Waals surface area contributed by atoms with Crippen LogP contribution >= 0.6 is 91.5 Å². The molecule has 2 atom stereocenters. The summed E-state index contributed by atoms with van der Waals surface area (Å²) in [6.45, 7) is 13.1. The number of pyridine rings is 2. The molecule has 10 aromatic rings. The molecule has 0 amide bonds. The van der Waals surface area contributed by atoms with Gasteiger partial charge in [-0.15, -0.1) is 0 Å². The molecule has 0 radical (unpaired) electrons. The summed E-state index contributed by atoms with van der Waals surface area (Å²) in [5.41, 5.74) is 6.37. The molecule has 398 valence electrons. The van der Waals surface area contributed by atoms with E-state index < -0.39 is 31.3 Å². The Morgan fingerprint density at radius 1 is 0.474 bits per heavy atom. The molecule has 1 aliphatic rings. The molecule has 2 unspecified atom stereocenters. The molecule has 11 rings (SSSR count). The SMILES string of the molecule is CCCCCCc1sc(-c2ccc(-c3cnc(-c4cc5c(s4)-c4sc(-c6ncc(-c7ccc(-c8sc(C)c(F)c8F)s7)c7nsnc67)cc4[SiH-]5(CC(CC)CCCC)CC(CC)CCCC)c4nsnc34)s2)c(F)c1F. The smallest absolute Gasteiger partial charge is 0.202 e. The zero-order valence-electron chi connectivity index (χ0n) is 43.4. The van der Waals surface area contributed by atoms with Gasteiger partial charge in [-0.1, -0.05) is 26.2 Å². The first-order valence-corrected chi connectivity index (χ1v) is 36.0. The average molecular weight is 1190 g/mol. The number of halogens is 4. The van der Waals surface area contributed by atoms with E-state index in [0.29, 0.717) is 47.5 Å². The van der Waals surface area contributed by atoms with Crippen LogP contribution in [0, 0.1) is 42.0 Å². The van der Waals surface area contributed by atoms with Crippen LogP contribution in [-0.4, -0.2) is 35.5 Å². The first kappa shape index (κ1) is 54.1. The molecule has 1 aliphatic heterocycles. The van der Waals surface area contributed by atoms with Gasteiger partial charge in [0.05, 0.1) is 0 Å². The van der Waals surface area contributed by atoms with Gasteiger partial charge in [-0.05, 0) is 19.8 Å². The maximum atomic E-state index is 15.5. The van der Waals surface area contributed by atoms with Crippen molar-refractivity contribution in [1.82, 2.24) is 27.5 Å². The fourth-order valence-electron chi connectivity index (χ4n) is 11.7. The van der Waals surface area contributed by atoms with Crippen molar-refractivity contribution in [2.45, 2.75) is 137 Å². The predicted molar refractivity (Wildman–Crippen MR) is 324 cm³/mol. The van der Waals surface area contributed by atoms with E-state index in [1.807, 2.05) is 59.3 Å². The fraction of sp³-hybridized carbons (Fsp3) is 0.404. The summed E-state index contributed by atoms with van der Waals surface area (Å²) in [4.78, 5) is 20.0. The normalized spacial score (nSPS) is 14.3. The van der Waals surface area contributed by atoms with Gasteiger partial charge in [0.2, 0.25) is 0 Å². The molecule has 0 aromatic carbocycles. The zero-order valence-corrected chi connectivity index (χ0v) is 51.1. The Kier molecular flexibility index (Phi) is 16.4. The summed E-state index contributed by atoms with van der Waals surface area (Å²) in [5, 5.41) is 3.11. The maximum absolute atomic E-state index is 15.5. The van der Waals surface area contributed by atoms with Crippen molar-refractivity contribution in [3.8, 4) is 71.3 Å². The van der Waals surface area contributed by atoms with E-state index in [1.165, 1.54) is 118 Å². The first-order chi connectivity index (χ1) is 37.0. The summed E-state index contributed by atoms with van der Waals surface area (Å²) < 4.78 is 79.7. The van der Waals surface area contributed by atoms with Gasteiger partial charge in [0.25, 0.3) is 0 Å². The Hall–Kier alpha value is -3.92. The molecule has 0 spiro atoms. The third-order valence-electron chi connectivity index (χ3n) is 15.8. The second kappa shape index (κ2) is 23.0. The van der Waals surface area contributed by atoms with Crippen LogP contribution in [0.15, 0.2) is 48.8 Å². The summed E-state index contributed by atoms with van der Waals surface area (Å²) in [6, 6.07) is 15.1. The second-order valence-corrected chi connectivity index (χ2v) is 32.9. The van der Waals surface area contributed by atoms with Gasteiger partial charge in [-0.3, -0.25) is 0 Å². The number of aryl methyl sites for hydroxylation is 2. The van der Waals surface area contributed by atoms with Crippen LogP contribution in [0.25, 0.3) is 93.4 Å².